The summed E-state index contributed by atoms with van der Waals surface area (Å²) >= 11 is 0. The van der Waals surface area contributed by atoms with Crippen LogP contribution < -0.4 is 0 Å². The van der Waals surface area contributed by atoms with Crippen LogP contribution in [0.1, 0.15) is 24.3 Å². The van der Waals surface area contributed by atoms with Crippen molar-refractivity contribution < 1.29 is 21.6 Å². The van der Waals surface area contributed by atoms with Crippen LogP contribution in [0.5, 0.6) is 0 Å². The Bertz CT molecular complexity index is 1410. The molecule has 7 heteroatoms. The maximum absolute atomic E-state index is 13.8. The van der Waals surface area contributed by atoms with E-state index in [4.69, 9.17) is 0 Å². The third-order valence-corrected chi connectivity index (χ3v) is 7.23. The van der Waals surface area contributed by atoms with E-state index < -0.39 is 32.2 Å². The molecule has 0 atom stereocenters. The Morgan fingerprint density at radius 2 is 1.48 bits per heavy atom. The molecule has 0 spiro atoms. The van der Waals surface area contributed by atoms with Crippen molar-refractivity contribution in [2.24, 2.45) is 0 Å². The fourth-order valence-corrected chi connectivity index (χ4v) is 5.28. The molecule has 0 saturated heterocycles. The summed E-state index contributed by atoms with van der Waals surface area (Å²) < 4.78 is 68.0. The highest BCUT2D eigenvalue weighted by atomic mass is 32.2. The van der Waals surface area contributed by atoms with Gasteiger partial charge in [-0.05, 0) is 54.2 Å². The second-order valence-electron chi connectivity index (χ2n) is 7.66. The van der Waals surface area contributed by atoms with Crippen LogP contribution in [-0.4, -0.2) is 13.4 Å². The monoisotopic (exact) mass is 439 g/mol. The second kappa shape index (κ2) is 7.20. The molecule has 0 aliphatic heterocycles. The lowest BCUT2D eigenvalue weighted by Gasteiger charge is -2.14. The second-order valence-corrected chi connectivity index (χ2v) is 9.58. The number of rotatable bonds is 4. The zero-order valence-electron chi connectivity index (χ0n) is 16.1. The third kappa shape index (κ3) is 3.59. The molecule has 4 aromatic rings. The van der Waals surface area contributed by atoms with Crippen LogP contribution >= 0.6 is 0 Å². The molecule has 31 heavy (non-hydrogen) atoms. The molecule has 0 amide bonds. The fourth-order valence-electron chi connectivity index (χ4n) is 3.80. The van der Waals surface area contributed by atoms with Gasteiger partial charge in [-0.15, -0.1) is 0 Å². The molecule has 1 fully saturated rings. The van der Waals surface area contributed by atoms with Crippen molar-refractivity contribution in [2.75, 3.05) is 0 Å². The van der Waals surface area contributed by atoms with Crippen molar-refractivity contribution >= 4 is 20.7 Å². The number of aromatic nitrogens is 1. The highest BCUT2D eigenvalue weighted by Crippen LogP contribution is 2.42. The molecule has 1 aliphatic carbocycles. The minimum Gasteiger partial charge on any atom is -0.255 e. The van der Waals surface area contributed by atoms with E-state index in [9.17, 15) is 21.6 Å². The van der Waals surface area contributed by atoms with Crippen LogP contribution in [0.25, 0.3) is 22.0 Å². The average molecular weight is 439 g/mol. The van der Waals surface area contributed by atoms with Gasteiger partial charge in [-0.2, -0.15) is 0 Å². The van der Waals surface area contributed by atoms with E-state index in [1.807, 2.05) is 24.3 Å². The summed E-state index contributed by atoms with van der Waals surface area (Å²) in [4.78, 5) is 3.41. The smallest absolute Gasteiger partial charge is 0.208 e. The number of hydrogen-bond donors (Lipinski definition) is 0. The van der Waals surface area contributed by atoms with Gasteiger partial charge in [0.15, 0.2) is 0 Å². The molecule has 1 aromatic heterocycles. The van der Waals surface area contributed by atoms with Gasteiger partial charge < -0.3 is 0 Å². The van der Waals surface area contributed by atoms with E-state index in [0.29, 0.717) is 28.5 Å². The molecule has 1 saturated carbocycles. The van der Waals surface area contributed by atoms with Gasteiger partial charge in [-0.3, -0.25) is 4.98 Å². The van der Waals surface area contributed by atoms with Crippen molar-refractivity contribution in [1.82, 2.24) is 4.98 Å². The Morgan fingerprint density at radius 3 is 2.13 bits per heavy atom. The van der Waals surface area contributed by atoms with E-state index in [1.54, 1.807) is 0 Å². The summed E-state index contributed by atoms with van der Waals surface area (Å²) in [5.41, 5.74) is 2.37. The minimum atomic E-state index is -4.31. The van der Waals surface area contributed by atoms with Crippen molar-refractivity contribution in [2.45, 2.75) is 28.6 Å². The zero-order valence-corrected chi connectivity index (χ0v) is 17.0. The van der Waals surface area contributed by atoms with E-state index in [1.165, 1.54) is 23.8 Å². The van der Waals surface area contributed by atoms with Crippen LogP contribution in [0.2, 0.25) is 0 Å². The predicted molar refractivity (Wildman–Crippen MR) is 111 cm³/mol. The molecule has 0 radical (unpaired) electrons. The lowest BCUT2D eigenvalue weighted by molar-refractivity contribution is 0.567. The van der Waals surface area contributed by atoms with Crippen molar-refractivity contribution in [3.63, 3.8) is 0 Å². The minimum absolute atomic E-state index is 0.198. The van der Waals surface area contributed by atoms with E-state index in [-0.39, 0.29) is 10.4 Å². The predicted octanol–water partition coefficient (Wildman–Crippen LogP) is 6.03. The average Bonchev–Trinajstić information content (AvgIpc) is 3.57. The summed E-state index contributed by atoms with van der Waals surface area (Å²) in [6, 6.07) is 13.6. The van der Waals surface area contributed by atoms with Crippen molar-refractivity contribution in [1.29, 1.82) is 0 Å². The van der Waals surface area contributed by atoms with Gasteiger partial charge in [-0.25, -0.2) is 21.6 Å². The highest BCUT2D eigenvalue weighted by molar-refractivity contribution is 7.91. The Kier molecular flexibility index (Phi) is 4.59. The molecule has 5 rings (SSSR count). The molecule has 3 aromatic carbocycles. The van der Waals surface area contributed by atoms with Crippen LogP contribution in [0.15, 0.2) is 76.7 Å². The maximum atomic E-state index is 13.8. The van der Waals surface area contributed by atoms with Crippen LogP contribution in [-0.2, 0) is 9.84 Å². The molecule has 1 heterocycles. The topological polar surface area (TPSA) is 47.0 Å². The standard InChI is InChI=1S/C24H16F3NO2S/c25-17-7-8-21-22(12-17)28-13-23(31(29,30)20-10-18(26)9-19(27)11-20)24(21)16-5-3-15(4-6-16)14-1-2-14/h3-14H,1-2H2. The van der Waals surface area contributed by atoms with Gasteiger partial charge in [0, 0.05) is 29.3 Å². The molecule has 0 unspecified atom stereocenters. The largest absolute Gasteiger partial charge is 0.255 e. The normalized spacial score (nSPS) is 14.2. The SMILES string of the molecule is O=S(=O)(c1cc(F)cc(F)c1)c1cnc2cc(F)ccc2c1-c1ccc(C2CC2)cc1. The summed E-state index contributed by atoms with van der Waals surface area (Å²) in [6.45, 7) is 0. The Hall–Kier alpha value is -3.19. The Labute approximate surface area is 177 Å². The molecule has 3 nitrogen and oxygen atoms in total. The van der Waals surface area contributed by atoms with Crippen molar-refractivity contribution in [3.8, 4) is 11.1 Å². The molecule has 1 aliphatic rings. The van der Waals surface area contributed by atoms with Gasteiger partial charge in [0.2, 0.25) is 9.84 Å². The molecule has 0 bridgehead atoms. The Balaban J connectivity index is 1.78. The van der Waals surface area contributed by atoms with Gasteiger partial charge in [0.05, 0.1) is 15.3 Å². The summed E-state index contributed by atoms with van der Waals surface area (Å²) in [6.07, 6.45) is 3.37. The number of sulfone groups is 1. The van der Waals surface area contributed by atoms with E-state index in [2.05, 4.69) is 4.98 Å². The van der Waals surface area contributed by atoms with E-state index >= 15 is 0 Å². The molecule has 156 valence electrons. The first-order valence-corrected chi connectivity index (χ1v) is 11.2. The summed E-state index contributed by atoms with van der Waals surface area (Å²) in [7, 11) is -4.31. The lowest BCUT2D eigenvalue weighted by atomic mass is 9.99. The summed E-state index contributed by atoms with van der Waals surface area (Å²) in [5.74, 6) is -1.97. The third-order valence-electron chi connectivity index (χ3n) is 5.48. The van der Waals surface area contributed by atoms with Crippen LogP contribution in [0.3, 0.4) is 0 Å². The number of nitrogens with zero attached hydrogens (tertiary/aromatic N) is 1. The molecule has 0 N–H and O–H groups in total. The lowest BCUT2D eigenvalue weighted by Crippen LogP contribution is -2.07. The summed E-state index contributed by atoms with van der Waals surface area (Å²) in [5, 5.41) is 0.429. The van der Waals surface area contributed by atoms with Gasteiger partial charge >= 0.3 is 0 Å². The first-order chi connectivity index (χ1) is 14.8. The fraction of sp³-hybridized carbons (Fsp3) is 0.125. The van der Waals surface area contributed by atoms with Gasteiger partial charge in [0.25, 0.3) is 0 Å². The highest BCUT2D eigenvalue weighted by Gasteiger charge is 2.27. The number of hydrogen-bond acceptors (Lipinski definition) is 3. The Morgan fingerprint density at radius 1 is 0.806 bits per heavy atom. The number of pyridine rings is 1. The number of fused-ring (bicyclic) bond motifs is 1. The first-order valence-electron chi connectivity index (χ1n) is 9.73. The first kappa shape index (κ1) is 19.8. The van der Waals surface area contributed by atoms with E-state index in [0.717, 1.165) is 31.2 Å². The van der Waals surface area contributed by atoms with Crippen LogP contribution in [0, 0.1) is 17.5 Å². The quantitative estimate of drug-likeness (QED) is 0.390. The zero-order chi connectivity index (χ0) is 21.8. The van der Waals surface area contributed by atoms with Crippen LogP contribution in [0.4, 0.5) is 13.2 Å². The molecular formula is C24H16F3NO2S. The van der Waals surface area contributed by atoms with Crippen molar-refractivity contribution in [3.05, 3.63) is 89.9 Å². The number of halogens is 3. The molecular weight excluding hydrogens is 423 g/mol. The maximum Gasteiger partial charge on any atom is 0.208 e. The van der Waals surface area contributed by atoms with Gasteiger partial charge in [0.1, 0.15) is 17.5 Å². The number of benzene rings is 3. The van der Waals surface area contributed by atoms with Gasteiger partial charge in [-0.1, -0.05) is 24.3 Å².